The fourth-order valence-corrected chi connectivity index (χ4v) is 3.84. The van der Waals surface area contributed by atoms with Gasteiger partial charge in [-0.05, 0) is 30.3 Å². The predicted octanol–water partition coefficient (Wildman–Crippen LogP) is 4.91. The van der Waals surface area contributed by atoms with Gasteiger partial charge in [0.2, 0.25) is 0 Å². The van der Waals surface area contributed by atoms with Gasteiger partial charge in [-0.1, -0.05) is 42.5 Å². The number of nitrogens with zero attached hydrogens (tertiary/aromatic N) is 1. The van der Waals surface area contributed by atoms with Crippen LogP contribution in [0.25, 0.3) is 20.8 Å². The lowest BCUT2D eigenvalue weighted by atomic mass is 10.1. The van der Waals surface area contributed by atoms with Gasteiger partial charge in [-0.15, -0.1) is 11.3 Å². The van der Waals surface area contributed by atoms with Crippen molar-refractivity contribution in [3.63, 3.8) is 0 Å². The van der Waals surface area contributed by atoms with Crippen LogP contribution in [0.15, 0.2) is 72.8 Å². The highest BCUT2D eigenvalue weighted by atomic mass is 32.1. The average Bonchev–Trinajstić information content (AvgIpc) is 3.16. The summed E-state index contributed by atoms with van der Waals surface area (Å²) < 4.78 is 20.0. The minimum atomic E-state index is -0.421. The summed E-state index contributed by atoms with van der Waals surface area (Å²) in [4.78, 5) is 17.3. The highest BCUT2D eigenvalue weighted by molar-refractivity contribution is 7.21. The summed E-state index contributed by atoms with van der Waals surface area (Å²) in [5.74, 6) is -0.464. The van der Waals surface area contributed by atoms with Crippen molar-refractivity contribution < 1.29 is 13.9 Å². The first-order chi connectivity index (χ1) is 13.7. The Labute approximate surface area is 165 Å². The van der Waals surface area contributed by atoms with Gasteiger partial charge < -0.3 is 10.1 Å². The standard InChI is InChI=1S/C22H17FN2O2S/c23-17-9-3-5-11-19(17)27-14-13-24-21(26)15-7-1-2-8-16(15)22-25-18-10-4-6-12-20(18)28-22/h1-12H,13-14H2,(H,24,26). The maximum absolute atomic E-state index is 13.6. The van der Waals surface area contributed by atoms with E-state index in [0.29, 0.717) is 5.56 Å². The van der Waals surface area contributed by atoms with Gasteiger partial charge in [0.15, 0.2) is 11.6 Å². The quantitative estimate of drug-likeness (QED) is 0.474. The third-order valence-electron chi connectivity index (χ3n) is 4.18. The van der Waals surface area contributed by atoms with Gasteiger partial charge in [0.1, 0.15) is 11.6 Å². The second-order valence-corrected chi connectivity index (χ2v) is 7.10. The van der Waals surface area contributed by atoms with E-state index in [-0.39, 0.29) is 24.8 Å². The smallest absolute Gasteiger partial charge is 0.252 e. The maximum atomic E-state index is 13.6. The molecule has 1 aromatic heterocycles. The van der Waals surface area contributed by atoms with E-state index in [4.69, 9.17) is 4.74 Å². The molecule has 4 aromatic rings. The van der Waals surface area contributed by atoms with Crippen LogP contribution >= 0.6 is 11.3 Å². The minimum Gasteiger partial charge on any atom is -0.489 e. The number of amides is 1. The fraction of sp³-hybridized carbons (Fsp3) is 0.0909. The lowest BCUT2D eigenvalue weighted by molar-refractivity contribution is 0.0947. The molecule has 1 N–H and O–H groups in total. The summed E-state index contributed by atoms with van der Waals surface area (Å²) in [5, 5.41) is 3.62. The number of aromatic nitrogens is 1. The zero-order chi connectivity index (χ0) is 19.3. The summed E-state index contributed by atoms with van der Waals surface area (Å²) in [6.07, 6.45) is 0. The van der Waals surface area contributed by atoms with Crippen molar-refractivity contribution in [2.24, 2.45) is 0 Å². The third kappa shape index (κ3) is 3.87. The number of thiazole rings is 1. The Hall–Kier alpha value is -3.25. The average molecular weight is 392 g/mol. The Bertz CT molecular complexity index is 1090. The van der Waals surface area contributed by atoms with Gasteiger partial charge in [-0.3, -0.25) is 4.79 Å². The van der Waals surface area contributed by atoms with Crippen LogP contribution in [0.4, 0.5) is 4.39 Å². The van der Waals surface area contributed by atoms with Gasteiger partial charge in [0.25, 0.3) is 5.91 Å². The number of nitrogens with one attached hydrogen (secondary N) is 1. The van der Waals surface area contributed by atoms with Crippen LogP contribution in [0.3, 0.4) is 0 Å². The number of para-hydroxylation sites is 2. The number of fused-ring (bicyclic) bond motifs is 1. The molecule has 6 heteroatoms. The van der Waals surface area contributed by atoms with Crippen LogP contribution in [-0.4, -0.2) is 24.0 Å². The Kier molecular flexibility index (Phi) is 5.30. The normalized spacial score (nSPS) is 10.8. The highest BCUT2D eigenvalue weighted by Gasteiger charge is 2.15. The Morgan fingerprint density at radius 2 is 1.75 bits per heavy atom. The summed E-state index contributed by atoms with van der Waals surface area (Å²) in [5.41, 5.74) is 2.25. The second-order valence-electron chi connectivity index (χ2n) is 6.07. The molecule has 0 bridgehead atoms. The van der Waals surface area contributed by atoms with E-state index < -0.39 is 5.82 Å². The Morgan fingerprint density at radius 3 is 2.61 bits per heavy atom. The lowest BCUT2D eigenvalue weighted by Gasteiger charge is -2.10. The van der Waals surface area contributed by atoms with Crippen molar-refractivity contribution in [2.75, 3.05) is 13.2 Å². The molecule has 1 heterocycles. The van der Waals surface area contributed by atoms with E-state index in [0.717, 1.165) is 20.8 Å². The third-order valence-corrected chi connectivity index (χ3v) is 5.25. The molecule has 0 aliphatic heterocycles. The number of ether oxygens (including phenoxy) is 1. The molecule has 0 aliphatic carbocycles. The fourth-order valence-electron chi connectivity index (χ4n) is 2.84. The summed E-state index contributed by atoms with van der Waals surface area (Å²) >= 11 is 1.55. The molecule has 1 amide bonds. The highest BCUT2D eigenvalue weighted by Crippen LogP contribution is 2.32. The van der Waals surface area contributed by atoms with Gasteiger partial charge in [0.05, 0.1) is 16.8 Å². The van der Waals surface area contributed by atoms with Crippen molar-refractivity contribution in [3.05, 3.63) is 84.2 Å². The molecule has 0 aliphatic rings. The predicted molar refractivity (Wildman–Crippen MR) is 109 cm³/mol. The number of carbonyl (C=O) groups excluding carboxylic acids is 1. The van der Waals surface area contributed by atoms with E-state index in [9.17, 15) is 9.18 Å². The first-order valence-corrected chi connectivity index (χ1v) is 9.64. The van der Waals surface area contributed by atoms with Gasteiger partial charge in [0, 0.05) is 11.1 Å². The van der Waals surface area contributed by atoms with Crippen molar-refractivity contribution in [1.82, 2.24) is 10.3 Å². The summed E-state index contributed by atoms with van der Waals surface area (Å²) in [7, 11) is 0. The van der Waals surface area contributed by atoms with E-state index in [1.807, 2.05) is 42.5 Å². The topological polar surface area (TPSA) is 51.2 Å². The molecule has 0 fully saturated rings. The molecule has 0 unspecified atom stereocenters. The summed E-state index contributed by atoms with van der Waals surface area (Å²) in [6.45, 7) is 0.442. The zero-order valence-electron chi connectivity index (χ0n) is 14.9. The summed E-state index contributed by atoms with van der Waals surface area (Å²) in [6, 6.07) is 21.4. The molecule has 28 heavy (non-hydrogen) atoms. The van der Waals surface area contributed by atoms with Crippen molar-refractivity contribution in [3.8, 4) is 16.3 Å². The molecule has 0 saturated heterocycles. The van der Waals surface area contributed by atoms with Crippen LogP contribution in [0, 0.1) is 5.82 Å². The molecule has 0 radical (unpaired) electrons. The van der Waals surface area contributed by atoms with Crippen molar-refractivity contribution in [1.29, 1.82) is 0 Å². The number of halogens is 1. The van der Waals surface area contributed by atoms with E-state index in [1.54, 1.807) is 35.6 Å². The molecular formula is C22H17FN2O2S. The molecule has 0 saturated carbocycles. The molecular weight excluding hydrogens is 375 g/mol. The van der Waals surface area contributed by atoms with Crippen LogP contribution < -0.4 is 10.1 Å². The van der Waals surface area contributed by atoms with Gasteiger partial charge in [-0.25, -0.2) is 9.37 Å². The second kappa shape index (κ2) is 8.19. The minimum absolute atomic E-state index is 0.173. The zero-order valence-corrected chi connectivity index (χ0v) is 15.7. The first kappa shape index (κ1) is 18.1. The molecule has 0 atom stereocenters. The van der Waals surface area contributed by atoms with Crippen LogP contribution in [0.2, 0.25) is 0 Å². The largest absolute Gasteiger partial charge is 0.489 e. The Balaban J connectivity index is 1.45. The van der Waals surface area contributed by atoms with Crippen LogP contribution in [0.5, 0.6) is 5.75 Å². The van der Waals surface area contributed by atoms with E-state index in [2.05, 4.69) is 10.3 Å². The molecule has 0 spiro atoms. The number of rotatable bonds is 6. The SMILES string of the molecule is O=C(NCCOc1ccccc1F)c1ccccc1-c1nc2ccccc2s1. The number of hydrogen-bond donors (Lipinski definition) is 1. The number of carbonyl (C=O) groups is 1. The van der Waals surface area contributed by atoms with Gasteiger partial charge >= 0.3 is 0 Å². The van der Waals surface area contributed by atoms with Crippen LogP contribution in [0.1, 0.15) is 10.4 Å². The van der Waals surface area contributed by atoms with Crippen molar-refractivity contribution >= 4 is 27.5 Å². The number of hydrogen-bond acceptors (Lipinski definition) is 4. The van der Waals surface area contributed by atoms with Crippen LogP contribution in [-0.2, 0) is 0 Å². The Morgan fingerprint density at radius 1 is 1.00 bits per heavy atom. The first-order valence-electron chi connectivity index (χ1n) is 8.83. The lowest BCUT2D eigenvalue weighted by Crippen LogP contribution is -2.28. The molecule has 3 aromatic carbocycles. The van der Waals surface area contributed by atoms with Crippen molar-refractivity contribution in [2.45, 2.75) is 0 Å². The number of benzene rings is 3. The molecule has 4 nitrogen and oxygen atoms in total. The molecule has 140 valence electrons. The van der Waals surface area contributed by atoms with E-state index in [1.165, 1.54) is 6.07 Å². The van der Waals surface area contributed by atoms with E-state index >= 15 is 0 Å². The monoisotopic (exact) mass is 392 g/mol. The maximum Gasteiger partial charge on any atom is 0.252 e. The molecule has 4 rings (SSSR count). The van der Waals surface area contributed by atoms with Gasteiger partial charge in [-0.2, -0.15) is 0 Å².